The summed E-state index contributed by atoms with van der Waals surface area (Å²) in [6.07, 6.45) is 6.91. The van der Waals surface area contributed by atoms with E-state index in [2.05, 4.69) is 217 Å². The van der Waals surface area contributed by atoms with Crippen molar-refractivity contribution in [1.29, 1.82) is 0 Å². The molecule has 0 unspecified atom stereocenters. The number of benzene rings is 4. The second-order valence-electron chi connectivity index (χ2n) is 13.6. The summed E-state index contributed by atoms with van der Waals surface area (Å²) in [6.45, 7) is 18.6. The molecule has 0 aliphatic carbocycles. The molecule has 4 aromatic carbocycles. The quantitative estimate of drug-likeness (QED) is 0.0693. The summed E-state index contributed by atoms with van der Waals surface area (Å²) >= 11 is 29.9. The zero-order chi connectivity index (χ0) is 39.8. The average Bonchev–Trinajstić information content (AvgIpc) is 3.10. The molecule has 0 aliphatic heterocycles. The summed E-state index contributed by atoms with van der Waals surface area (Å²) in [5.74, 6) is 3.14. The lowest BCUT2D eigenvalue weighted by atomic mass is 9.78. The summed E-state index contributed by atoms with van der Waals surface area (Å²) < 4.78 is 31.6. The highest BCUT2D eigenvalue weighted by Gasteiger charge is 2.29. The molecule has 0 radical (unpaired) electrons. The van der Waals surface area contributed by atoms with Gasteiger partial charge in [-0.25, -0.2) is 0 Å². The van der Waals surface area contributed by atoms with Crippen LogP contribution >= 0.6 is 127 Å². The van der Waals surface area contributed by atoms with E-state index in [1.165, 1.54) is 0 Å². The first-order chi connectivity index (χ1) is 25.5. The Morgan fingerprint density at radius 1 is 0.407 bits per heavy atom. The van der Waals surface area contributed by atoms with E-state index in [0.717, 1.165) is 107 Å². The van der Waals surface area contributed by atoms with E-state index in [1.807, 2.05) is 12.2 Å². The van der Waals surface area contributed by atoms with Gasteiger partial charge in [0, 0.05) is 10.8 Å². The monoisotopic (exact) mass is 1240 g/mol. The zero-order valence-electron chi connectivity index (χ0n) is 30.5. The van der Waals surface area contributed by atoms with Crippen LogP contribution in [-0.2, 0) is 10.8 Å². The highest BCUT2D eigenvalue weighted by molar-refractivity contribution is 9.12. The van der Waals surface area contributed by atoms with Crippen LogP contribution in [0, 0.1) is 0 Å². The lowest BCUT2D eigenvalue weighted by molar-refractivity contribution is 0.263. The molecule has 0 fully saturated rings. The van der Waals surface area contributed by atoms with Crippen LogP contribution < -0.4 is 18.9 Å². The SMILES string of the molecule is C=CCCOc1c(Br)cc(C(C)(C)c2cc(Br)c(OCCCCOc3c(Br)cc(C(C)(C)c4cc(Br)c(OCCC=C)c(Br)c4)cc3Br)c(Br)c2)cc1Br. The minimum atomic E-state index is -0.303. The van der Waals surface area contributed by atoms with E-state index in [1.54, 1.807) is 0 Å². The Balaban J connectivity index is 1.35. The predicted octanol–water partition coefficient (Wildman–Crippen LogP) is 16.6. The smallest absolute Gasteiger partial charge is 0.147 e. The molecule has 0 saturated heterocycles. The summed E-state index contributed by atoms with van der Waals surface area (Å²) in [5.41, 5.74) is 3.94. The molecule has 54 heavy (non-hydrogen) atoms. The summed E-state index contributed by atoms with van der Waals surface area (Å²) in [5, 5.41) is 0. The van der Waals surface area contributed by atoms with Gasteiger partial charge in [-0.2, -0.15) is 0 Å². The first-order valence-electron chi connectivity index (χ1n) is 17.2. The van der Waals surface area contributed by atoms with Gasteiger partial charge in [0.15, 0.2) is 0 Å². The maximum atomic E-state index is 6.26. The molecule has 4 aromatic rings. The van der Waals surface area contributed by atoms with Crippen molar-refractivity contribution in [3.63, 3.8) is 0 Å². The molecular formula is C42H42Br8O4. The Morgan fingerprint density at radius 2 is 0.611 bits per heavy atom. The third-order valence-electron chi connectivity index (χ3n) is 9.05. The van der Waals surface area contributed by atoms with Crippen molar-refractivity contribution in [1.82, 2.24) is 0 Å². The van der Waals surface area contributed by atoms with Crippen LogP contribution in [0.4, 0.5) is 0 Å². The van der Waals surface area contributed by atoms with Crippen LogP contribution in [0.5, 0.6) is 23.0 Å². The minimum absolute atomic E-state index is 0.303. The molecule has 0 aliphatic rings. The molecule has 4 nitrogen and oxygen atoms in total. The Labute approximate surface area is 387 Å². The Hall–Kier alpha value is -0.600. The number of halogens is 8. The third-order valence-corrected chi connectivity index (χ3v) is 13.8. The van der Waals surface area contributed by atoms with Gasteiger partial charge < -0.3 is 18.9 Å². The topological polar surface area (TPSA) is 36.9 Å². The van der Waals surface area contributed by atoms with Gasteiger partial charge in [0.05, 0.1) is 62.2 Å². The fraction of sp³-hybridized carbons (Fsp3) is 0.333. The van der Waals surface area contributed by atoms with Crippen molar-refractivity contribution < 1.29 is 18.9 Å². The van der Waals surface area contributed by atoms with Gasteiger partial charge >= 0.3 is 0 Å². The molecular weight excluding hydrogens is 1210 g/mol. The van der Waals surface area contributed by atoms with Gasteiger partial charge in [-0.05, 0) is 224 Å². The molecule has 4 rings (SSSR count). The van der Waals surface area contributed by atoms with Crippen molar-refractivity contribution in [3.8, 4) is 23.0 Å². The van der Waals surface area contributed by atoms with E-state index in [0.29, 0.717) is 26.4 Å². The zero-order valence-corrected chi connectivity index (χ0v) is 43.2. The lowest BCUT2D eigenvalue weighted by Gasteiger charge is -2.28. The first-order valence-corrected chi connectivity index (χ1v) is 23.6. The van der Waals surface area contributed by atoms with Crippen LogP contribution in [0.15, 0.2) is 110 Å². The normalized spacial score (nSPS) is 11.7. The van der Waals surface area contributed by atoms with Crippen LogP contribution in [0.1, 0.15) is 75.6 Å². The van der Waals surface area contributed by atoms with Gasteiger partial charge in [-0.3, -0.25) is 0 Å². The number of hydrogen-bond acceptors (Lipinski definition) is 4. The average molecular weight is 1250 g/mol. The van der Waals surface area contributed by atoms with Crippen LogP contribution in [-0.4, -0.2) is 26.4 Å². The van der Waals surface area contributed by atoms with Crippen LogP contribution in [0.2, 0.25) is 0 Å². The van der Waals surface area contributed by atoms with Crippen molar-refractivity contribution in [2.45, 2.75) is 64.2 Å². The Bertz CT molecular complexity index is 1740. The molecule has 0 saturated carbocycles. The molecule has 12 heteroatoms. The van der Waals surface area contributed by atoms with E-state index >= 15 is 0 Å². The lowest BCUT2D eigenvalue weighted by Crippen LogP contribution is -2.19. The molecule has 0 aromatic heterocycles. The fourth-order valence-corrected chi connectivity index (χ4v) is 11.3. The van der Waals surface area contributed by atoms with Gasteiger partial charge in [-0.15, -0.1) is 13.2 Å². The van der Waals surface area contributed by atoms with Crippen LogP contribution in [0.25, 0.3) is 0 Å². The Morgan fingerprint density at radius 3 is 0.815 bits per heavy atom. The summed E-state index contributed by atoms with van der Waals surface area (Å²) in [6, 6.07) is 17.0. The van der Waals surface area contributed by atoms with E-state index in [4.69, 9.17) is 18.9 Å². The minimum Gasteiger partial charge on any atom is -0.491 e. The van der Waals surface area contributed by atoms with Crippen molar-refractivity contribution in [3.05, 3.63) is 132 Å². The molecule has 0 atom stereocenters. The first kappa shape index (κ1) is 46.1. The maximum absolute atomic E-state index is 6.26. The van der Waals surface area contributed by atoms with Gasteiger partial charge in [-0.1, -0.05) is 39.8 Å². The summed E-state index contributed by atoms with van der Waals surface area (Å²) in [4.78, 5) is 0. The van der Waals surface area contributed by atoms with Crippen molar-refractivity contribution >= 4 is 127 Å². The second kappa shape index (κ2) is 20.9. The third kappa shape index (κ3) is 11.5. The maximum Gasteiger partial charge on any atom is 0.147 e. The van der Waals surface area contributed by atoms with E-state index in [9.17, 15) is 0 Å². The summed E-state index contributed by atoms with van der Waals surface area (Å²) in [7, 11) is 0. The molecule has 0 heterocycles. The number of hydrogen-bond donors (Lipinski definition) is 0. The molecule has 290 valence electrons. The highest BCUT2D eigenvalue weighted by atomic mass is 79.9. The van der Waals surface area contributed by atoms with Gasteiger partial charge in [0.25, 0.3) is 0 Å². The van der Waals surface area contributed by atoms with E-state index in [-0.39, 0.29) is 10.8 Å². The van der Waals surface area contributed by atoms with Gasteiger partial charge in [0.1, 0.15) is 23.0 Å². The number of unbranched alkanes of at least 4 members (excludes halogenated alkanes) is 1. The fourth-order valence-electron chi connectivity index (χ4n) is 5.61. The Kier molecular flexibility index (Phi) is 17.8. The van der Waals surface area contributed by atoms with Gasteiger partial charge in [0.2, 0.25) is 0 Å². The van der Waals surface area contributed by atoms with Crippen LogP contribution in [0.3, 0.4) is 0 Å². The number of rotatable bonds is 19. The molecule has 0 amide bonds. The van der Waals surface area contributed by atoms with Crippen molar-refractivity contribution in [2.24, 2.45) is 0 Å². The number of ether oxygens (including phenoxy) is 4. The predicted molar refractivity (Wildman–Crippen MR) is 252 cm³/mol. The standard InChI is InChI=1S/C42H42Br8O4/c1-7-9-13-51-37-29(43)17-25(18-30(37)44)41(3,4)27-21-33(47)39(34(48)22-27)53-15-11-12-16-54-40-35(49)23-28(24-36(40)50)42(5,6)26-19-31(45)38(32(46)20-26)52-14-10-8-2/h7-8,17-24H,1-2,9-16H2,3-6H3. The van der Waals surface area contributed by atoms with E-state index < -0.39 is 0 Å². The molecule has 0 spiro atoms. The second-order valence-corrected chi connectivity index (χ2v) is 20.4. The molecule has 0 N–H and O–H groups in total. The molecule has 0 bridgehead atoms. The highest BCUT2D eigenvalue weighted by Crippen LogP contribution is 2.46. The van der Waals surface area contributed by atoms with Crippen molar-refractivity contribution in [2.75, 3.05) is 26.4 Å². The largest absolute Gasteiger partial charge is 0.491 e.